The number of nitrogens with zero attached hydrogens (tertiary/aromatic N) is 1. The molecule has 1 aliphatic heterocycles. The molecule has 1 amide bonds. The molecule has 0 aliphatic carbocycles. The molecule has 0 spiro atoms. The van der Waals surface area contributed by atoms with Crippen molar-refractivity contribution in [2.75, 3.05) is 13.3 Å². The van der Waals surface area contributed by atoms with Crippen LogP contribution in [-0.4, -0.2) is 24.2 Å². The maximum atomic E-state index is 12.2. The van der Waals surface area contributed by atoms with E-state index in [1.165, 1.54) is 11.3 Å². The molecule has 7 heteroatoms. The Labute approximate surface area is 167 Å². The third kappa shape index (κ3) is 4.80. The van der Waals surface area contributed by atoms with Gasteiger partial charge in [0.05, 0.1) is 12.1 Å². The molecule has 0 fully saturated rings. The number of benzene rings is 2. The van der Waals surface area contributed by atoms with Crippen LogP contribution < -0.4 is 19.5 Å². The number of amides is 1. The highest BCUT2D eigenvalue weighted by atomic mass is 32.1. The topological polar surface area (TPSA) is 69.7 Å². The van der Waals surface area contributed by atoms with Gasteiger partial charge in [-0.05, 0) is 36.2 Å². The van der Waals surface area contributed by atoms with E-state index in [4.69, 9.17) is 14.2 Å². The summed E-state index contributed by atoms with van der Waals surface area (Å²) in [5.41, 5.74) is 1.86. The number of thiazole rings is 1. The van der Waals surface area contributed by atoms with Gasteiger partial charge in [-0.3, -0.25) is 4.79 Å². The van der Waals surface area contributed by atoms with Crippen molar-refractivity contribution < 1.29 is 19.0 Å². The minimum atomic E-state index is -0.0402. The first-order chi connectivity index (χ1) is 13.8. The summed E-state index contributed by atoms with van der Waals surface area (Å²) in [6.45, 7) is 1.23. The summed E-state index contributed by atoms with van der Waals surface area (Å²) in [5.74, 6) is 2.29. The molecular weight excluding hydrogens is 376 g/mol. The van der Waals surface area contributed by atoms with Gasteiger partial charge in [0.25, 0.3) is 0 Å². The Hall–Kier alpha value is -3.06. The lowest BCUT2D eigenvalue weighted by Gasteiger charge is -2.05. The van der Waals surface area contributed by atoms with Gasteiger partial charge in [0.15, 0.2) is 11.5 Å². The number of carbonyl (C=O) groups excluding carboxylic acids is 1. The highest BCUT2D eigenvalue weighted by molar-refractivity contribution is 7.09. The van der Waals surface area contributed by atoms with Crippen LogP contribution in [0.4, 0.5) is 0 Å². The number of nitrogens with one attached hydrogen (secondary N) is 1. The van der Waals surface area contributed by atoms with Crippen molar-refractivity contribution in [1.82, 2.24) is 10.3 Å². The summed E-state index contributed by atoms with van der Waals surface area (Å²) in [7, 11) is 0. The molecule has 0 radical (unpaired) electrons. The lowest BCUT2D eigenvalue weighted by Crippen LogP contribution is -2.27. The van der Waals surface area contributed by atoms with Gasteiger partial charge in [0, 0.05) is 11.9 Å². The standard InChI is InChI=1S/C21H20N2O4S/c24-20(22-9-8-15-6-7-18-19(10-15)27-14-26-18)11-16-13-28-21(23-16)12-25-17-4-2-1-3-5-17/h1-7,10,13H,8-9,11-12,14H2,(H,22,24). The minimum Gasteiger partial charge on any atom is -0.486 e. The summed E-state index contributed by atoms with van der Waals surface area (Å²) in [6, 6.07) is 15.4. The Morgan fingerprint density at radius 2 is 2.00 bits per heavy atom. The van der Waals surface area contributed by atoms with E-state index in [1.807, 2.05) is 53.9 Å². The molecule has 144 valence electrons. The van der Waals surface area contributed by atoms with E-state index in [0.717, 1.165) is 39.9 Å². The fraction of sp³-hybridized carbons (Fsp3) is 0.238. The second kappa shape index (κ2) is 8.75. The predicted octanol–water partition coefficient (Wildman–Crippen LogP) is 3.35. The molecule has 0 saturated carbocycles. The first-order valence-corrected chi connectivity index (χ1v) is 9.90. The van der Waals surface area contributed by atoms with Crippen molar-refractivity contribution in [2.45, 2.75) is 19.4 Å². The first-order valence-electron chi connectivity index (χ1n) is 9.02. The molecule has 1 N–H and O–H groups in total. The fourth-order valence-corrected chi connectivity index (χ4v) is 3.53. The van der Waals surface area contributed by atoms with E-state index < -0.39 is 0 Å². The Balaban J connectivity index is 1.20. The second-order valence-electron chi connectivity index (χ2n) is 6.30. The van der Waals surface area contributed by atoms with Crippen LogP contribution in [0.15, 0.2) is 53.9 Å². The summed E-state index contributed by atoms with van der Waals surface area (Å²) in [5, 5.41) is 5.69. The number of carbonyl (C=O) groups is 1. The van der Waals surface area contributed by atoms with Gasteiger partial charge in [-0.1, -0.05) is 24.3 Å². The van der Waals surface area contributed by atoms with E-state index in [1.54, 1.807) is 0 Å². The Morgan fingerprint density at radius 3 is 2.89 bits per heavy atom. The van der Waals surface area contributed by atoms with Crippen molar-refractivity contribution in [3.05, 3.63) is 70.2 Å². The lowest BCUT2D eigenvalue weighted by molar-refractivity contribution is -0.120. The molecule has 2 heterocycles. The summed E-state index contributed by atoms with van der Waals surface area (Å²) in [4.78, 5) is 16.6. The average molecular weight is 396 g/mol. The molecule has 1 aliphatic rings. The monoisotopic (exact) mass is 396 g/mol. The predicted molar refractivity (Wildman–Crippen MR) is 106 cm³/mol. The Morgan fingerprint density at radius 1 is 1.14 bits per heavy atom. The molecule has 6 nitrogen and oxygen atoms in total. The summed E-state index contributed by atoms with van der Waals surface area (Å²) in [6.07, 6.45) is 0.999. The van der Waals surface area contributed by atoms with Crippen molar-refractivity contribution in [3.8, 4) is 17.2 Å². The van der Waals surface area contributed by atoms with Crippen molar-refractivity contribution in [3.63, 3.8) is 0 Å². The van der Waals surface area contributed by atoms with Gasteiger partial charge in [-0.2, -0.15) is 0 Å². The Bertz CT molecular complexity index is 943. The van der Waals surface area contributed by atoms with Crippen LogP contribution in [0.25, 0.3) is 0 Å². The average Bonchev–Trinajstić information content (AvgIpc) is 3.36. The number of ether oxygens (including phenoxy) is 3. The van der Waals surface area contributed by atoms with Gasteiger partial charge < -0.3 is 19.5 Å². The molecule has 3 aromatic rings. The van der Waals surface area contributed by atoms with Gasteiger partial charge in [-0.25, -0.2) is 4.98 Å². The van der Waals surface area contributed by atoms with Crippen LogP contribution >= 0.6 is 11.3 Å². The van der Waals surface area contributed by atoms with E-state index in [9.17, 15) is 4.79 Å². The van der Waals surface area contributed by atoms with Gasteiger partial charge in [0.1, 0.15) is 17.4 Å². The smallest absolute Gasteiger partial charge is 0.231 e. The molecule has 1 aromatic heterocycles. The number of hydrogen-bond donors (Lipinski definition) is 1. The van der Waals surface area contributed by atoms with Crippen LogP contribution in [0, 0.1) is 0 Å². The molecule has 4 rings (SSSR count). The highest BCUT2D eigenvalue weighted by Crippen LogP contribution is 2.32. The number of rotatable bonds is 8. The third-order valence-corrected chi connectivity index (χ3v) is 5.09. The molecule has 28 heavy (non-hydrogen) atoms. The van der Waals surface area contributed by atoms with Crippen molar-refractivity contribution >= 4 is 17.2 Å². The minimum absolute atomic E-state index is 0.0402. The molecular formula is C21H20N2O4S. The largest absolute Gasteiger partial charge is 0.486 e. The Kier molecular flexibility index (Phi) is 5.72. The first kappa shape index (κ1) is 18.3. The van der Waals surface area contributed by atoms with Crippen molar-refractivity contribution in [1.29, 1.82) is 0 Å². The van der Waals surface area contributed by atoms with Gasteiger partial charge in [-0.15, -0.1) is 11.3 Å². The molecule has 2 aromatic carbocycles. The zero-order chi connectivity index (χ0) is 19.2. The maximum absolute atomic E-state index is 12.2. The molecule has 0 atom stereocenters. The maximum Gasteiger partial charge on any atom is 0.231 e. The molecule has 0 bridgehead atoms. The third-order valence-electron chi connectivity index (χ3n) is 4.22. The van der Waals surface area contributed by atoms with E-state index >= 15 is 0 Å². The highest BCUT2D eigenvalue weighted by Gasteiger charge is 2.13. The quantitative estimate of drug-likeness (QED) is 0.632. The summed E-state index contributed by atoms with van der Waals surface area (Å²) < 4.78 is 16.4. The van der Waals surface area contributed by atoms with E-state index in [2.05, 4.69) is 10.3 Å². The summed E-state index contributed by atoms with van der Waals surface area (Å²) >= 11 is 1.50. The molecule has 0 unspecified atom stereocenters. The van der Waals surface area contributed by atoms with Crippen LogP contribution in [-0.2, 0) is 24.2 Å². The van der Waals surface area contributed by atoms with Gasteiger partial charge in [0.2, 0.25) is 12.7 Å². The molecule has 0 saturated heterocycles. The number of hydrogen-bond acceptors (Lipinski definition) is 6. The van der Waals surface area contributed by atoms with E-state index in [-0.39, 0.29) is 19.1 Å². The number of fused-ring (bicyclic) bond motifs is 1. The second-order valence-corrected chi connectivity index (χ2v) is 7.24. The SMILES string of the molecule is O=C(Cc1csc(COc2ccccc2)n1)NCCc1ccc2c(c1)OCO2. The number of para-hydroxylation sites is 1. The normalized spacial score (nSPS) is 12.0. The van der Waals surface area contributed by atoms with Crippen molar-refractivity contribution in [2.24, 2.45) is 0 Å². The lowest BCUT2D eigenvalue weighted by atomic mass is 10.1. The van der Waals surface area contributed by atoms with Crippen LogP contribution in [0.3, 0.4) is 0 Å². The van der Waals surface area contributed by atoms with E-state index in [0.29, 0.717) is 13.2 Å². The zero-order valence-electron chi connectivity index (χ0n) is 15.2. The van der Waals surface area contributed by atoms with Crippen LogP contribution in [0.5, 0.6) is 17.2 Å². The van der Waals surface area contributed by atoms with Gasteiger partial charge >= 0.3 is 0 Å². The number of aromatic nitrogens is 1. The van der Waals surface area contributed by atoms with Crippen LogP contribution in [0.1, 0.15) is 16.3 Å². The zero-order valence-corrected chi connectivity index (χ0v) is 16.0. The fourth-order valence-electron chi connectivity index (χ4n) is 2.83. The van der Waals surface area contributed by atoms with Crippen LogP contribution in [0.2, 0.25) is 0 Å².